The lowest BCUT2D eigenvalue weighted by Crippen LogP contribution is -1.93. The van der Waals surface area contributed by atoms with E-state index in [1.54, 1.807) is 0 Å². The largest absolute Gasteiger partial charge is 0.236 e. The lowest BCUT2D eigenvalue weighted by Gasteiger charge is -2.08. The van der Waals surface area contributed by atoms with Crippen molar-refractivity contribution in [1.82, 2.24) is 0 Å². The van der Waals surface area contributed by atoms with Crippen LogP contribution in [0.2, 0.25) is 0 Å². The Bertz CT molecular complexity index is 808. The van der Waals surface area contributed by atoms with Gasteiger partial charge in [-0.15, -0.1) is 0 Å². The highest BCUT2D eigenvalue weighted by Gasteiger charge is 2.07. The molecule has 104 valence electrons. The van der Waals surface area contributed by atoms with E-state index in [0.717, 1.165) is 27.8 Å². The van der Waals surface area contributed by atoms with Crippen molar-refractivity contribution in [3.05, 3.63) is 77.4 Å². The fourth-order valence-corrected chi connectivity index (χ4v) is 2.80. The predicted molar refractivity (Wildman–Crippen MR) is 91.9 cm³/mol. The zero-order chi connectivity index (χ0) is 14.8. The molecule has 0 fully saturated rings. The van der Waals surface area contributed by atoms with Crippen LogP contribution in [0.25, 0.3) is 10.8 Å². The van der Waals surface area contributed by atoms with Gasteiger partial charge in [0.2, 0.25) is 0 Å². The van der Waals surface area contributed by atoms with Crippen LogP contribution in [0.4, 0.5) is 5.69 Å². The van der Waals surface area contributed by atoms with Crippen LogP contribution in [0.1, 0.15) is 16.7 Å². The molecule has 0 aliphatic carbocycles. The average Bonchev–Trinajstić information content (AvgIpc) is 2.50. The quantitative estimate of drug-likeness (QED) is 0.532. The predicted octanol–water partition coefficient (Wildman–Crippen LogP) is 5.77. The smallest absolute Gasteiger partial charge is 0.137 e. The Kier molecular flexibility index (Phi) is 3.76. The Labute approximate surface area is 129 Å². The first kappa shape index (κ1) is 13.8. The third-order valence-corrected chi connectivity index (χ3v) is 3.95. The summed E-state index contributed by atoms with van der Waals surface area (Å²) in [5.41, 5.74) is 4.19. The van der Waals surface area contributed by atoms with Crippen molar-refractivity contribution in [3.8, 4) is 0 Å². The number of rotatable bonds is 2. The first-order valence-electron chi connectivity index (χ1n) is 6.95. The summed E-state index contributed by atoms with van der Waals surface area (Å²) in [7, 11) is 0. The van der Waals surface area contributed by atoms with Crippen LogP contribution in [0.5, 0.6) is 0 Å². The molecular formula is C19H16ClN. The van der Waals surface area contributed by atoms with E-state index in [2.05, 4.69) is 49.2 Å². The van der Waals surface area contributed by atoms with Gasteiger partial charge in [-0.2, -0.15) is 0 Å². The van der Waals surface area contributed by atoms with Gasteiger partial charge < -0.3 is 0 Å². The second-order valence-corrected chi connectivity index (χ2v) is 5.53. The van der Waals surface area contributed by atoms with Crippen LogP contribution in [0.3, 0.4) is 0 Å². The summed E-state index contributed by atoms with van der Waals surface area (Å²) < 4.78 is 0. The Morgan fingerprint density at radius 2 is 1.43 bits per heavy atom. The lowest BCUT2D eigenvalue weighted by atomic mass is 10.1. The van der Waals surface area contributed by atoms with Crippen LogP contribution < -0.4 is 0 Å². The van der Waals surface area contributed by atoms with Crippen LogP contribution in [0, 0.1) is 13.8 Å². The van der Waals surface area contributed by atoms with Crippen LogP contribution in [-0.4, -0.2) is 5.17 Å². The summed E-state index contributed by atoms with van der Waals surface area (Å²) >= 11 is 6.51. The fraction of sp³-hybridized carbons (Fsp3) is 0.105. The molecule has 0 atom stereocenters. The third-order valence-electron chi connectivity index (χ3n) is 3.66. The maximum Gasteiger partial charge on any atom is 0.137 e. The first-order valence-corrected chi connectivity index (χ1v) is 7.33. The van der Waals surface area contributed by atoms with Gasteiger partial charge >= 0.3 is 0 Å². The molecule has 0 aliphatic rings. The number of benzene rings is 3. The average molecular weight is 294 g/mol. The van der Waals surface area contributed by atoms with Crippen molar-refractivity contribution in [2.45, 2.75) is 13.8 Å². The minimum atomic E-state index is 0.532. The van der Waals surface area contributed by atoms with Gasteiger partial charge in [0.1, 0.15) is 5.17 Å². The van der Waals surface area contributed by atoms with Crippen LogP contribution >= 0.6 is 11.6 Å². The van der Waals surface area contributed by atoms with Crippen molar-refractivity contribution in [1.29, 1.82) is 0 Å². The zero-order valence-electron chi connectivity index (χ0n) is 12.1. The van der Waals surface area contributed by atoms with Crippen molar-refractivity contribution in [3.63, 3.8) is 0 Å². The van der Waals surface area contributed by atoms with Gasteiger partial charge in [0.15, 0.2) is 0 Å². The summed E-state index contributed by atoms with van der Waals surface area (Å²) in [4.78, 5) is 4.66. The minimum Gasteiger partial charge on any atom is -0.236 e. The molecule has 0 saturated heterocycles. The molecule has 0 radical (unpaired) electrons. The van der Waals surface area contributed by atoms with E-state index < -0.39 is 0 Å². The molecule has 0 aromatic heterocycles. The van der Waals surface area contributed by atoms with E-state index in [9.17, 15) is 0 Å². The molecule has 0 bridgehead atoms. The molecule has 0 N–H and O–H groups in total. The summed E-state index contributed by atoms with van der Waals surface area (Å²) in [6.07, 6.45) is 0. The Hall–Kier alpha value is -2.12. The molecule has 3 aromatic rings. The topological polar surface area (TPSA) is 12.4 Å². The van der Waals surface area contributed by atoms with Gasteiger partial charge in [0.25, 0.3) is 0 Å². The second-order valence-electron chi connectivity index (χ2n) is 5.17. The maximum absolute atomic E-state index is 6.51. The summed E-state index contributed by atoms with van der Waals surface area (Å²) in [5.74, 6) is 0. The molecule has 0 heterocycles. The molecule has 0 unspecified atom stereocenters. The van der Waals surface area contributed by atoms with E-state index in [4.69, 9.17) is 11.6 Å². The summed E-state index contributed by atoms with van der Waals surface area (Å²) in [6, 6.07) is 20.5. The van der Waals surface area contributed by atoms with Gasteiger partial charge in [-0.3, -0.25) is 0 Å². The number of aliphatic imine (C=N–C) groups is 1. The number of fused-ring (bicyclic) bond motifs is 1. The van der Waals surface area contributed by atoms with Crippen LogP contribution in [0.15, 0.2) is 65.7 Å². The zero-order valence-corrected chi connectivity index (χ0v) is 12.9. The number of aryl methyl sites for hydroxylation is 2. The molecule has 0 spiro atoms. The molecule has 1 nitrogen and oxygen atoms in total. The molecule has 0 saturated carbocycles. The number of nitrogens with zero attached hydrogens (tertiary/aromatic N) is 1. The highest BCUT2D eigenvalue weighted by molar-refractivity contribution is 6.70. The maximum atomic E-state index is 6.51. The number of hydrogen-bond donors (Lipinski definition) is 0. The molecule has 2 heteroatoms. The molecule has 0 aliphatic heterocycles. The van der Waals surface area contributed by atoms with Gasteiger partial charge in [0.05, 0.1) is 5.69 Å². The summed E-state index contributed by atoms with van der Waals surface area (Å²) in [5, 5.41) is 2.83. The van der Waals surface area contributed by atoms with E-state index in [0.29, 0.717) is 5.17 Å². The Balaban J connectivity index is 2.17. The number of halogens is 1. The van der Waals surface area contributed by atoms with Gasteiger partial charge in [-0.1, -0.05) is 72.3 Å². The van der Waals surface area contributed by atoms with Crippen molar-refractivity contribution in [2.75, 3.05) is 0 Å². The monoisotopic (exact) mass is 293 g/mol. The third kappa shape index (κ3) is 2.70. The molecule has 0 amide bonds. The molecule has 3 aromatic carbocycles. The van der Waals surface area contributed by atoms with Crippen molar-refractivity contribution >= 4 is 33.2 Å². The normalized spacial score (nSPS) is 11.9. The van der Waals surface area contributed by atoms with Gasteiger partial charge in [-0.05, 0) is 35.7 Å². The molecular weight excluding hydrogens is 278 g/mol. The molecule has 3 rings (SSSR count). The summed E-state index contributed by atoms with van der Waals surface area (Å²) in [6.45, 7) is 4.11. The van der Waals surface area contributed by atoms with Crippen molar-refractivity contribution in [2.24, 2.45) is 4.99 Å². The minimum absolute atomic E-state index is 0.532. The number of hydrogen-bond acceptors (Lipinski definition) is 1. The van der Waals surface area contributed by atoms with E-state index >= 15 is 0 Å². The highest BCUT2D eigenvalue weighted by atomic mass is 35.5. The van der Waals surface area contributed by atoms with E-state index in [1.165, 1.54) is 5.39 Å². The van der Waals surface area contributed by atoms with E-state index in [-0.39, 0.29) is 0 Å². The van der Waals surface area contributed by atoms with Gasteiger partial charge in [-0.25, -0.2) is 4.99 Å². The Morgan fingerprint density at radius 1 is 0.810 bits per heavy atom. The van der Waals surface area contributed by atoms with Gasteiger partial charge in [0, 0.05) is 5.56 Å². The first-order chi connectivity index (χ1) is 10.2. The Morgan fingerprint density at radius 3 is 2.19 bits per heavy atom. The van der Waals surface area contributed by atoms with Crippen LogP contribution in [-0.2, 0) is 0 Å². The number of para-hydroxylation sites is 1. The molecule has 21 heavy (non-hydrogen) atoms. The fourth-order valence-electron chi connectivity index (χ4n) is 2.55. The van der Waals surface area contributed by atoms with E-state index in [1.807, 2.05) is 30.3 Å². The van der Waals surface area contributed by atoms with Crippen molar-refractivity contribution < 1.29 is 0 Å². The standard InChI is InChI=1S/C19H16ClN/c1-13-7-5-8-14(2)18(13)21-19(20)17-12-6-10-15-9-3-4-11-16(15)17/h3-12H,1-2H3/b21-19-. The highest BCUT2D eigenvalue weighted by Crippen LogP contribution is 2.27. The SMILES string of the molecule is Cc1cccc(C)c1/N=C(\Cl)c1cccc2ccccc12. The second kappa shape index (κ2) is 5.71. The lowest BCUT2D eigenvalue weighted by molar-refractivity contribution is 1.33.